The van der Waals surface area contributed by atoms with Crippen LogP contribution in [-0.4, -0.2) is 21.7 Å². The first-order valence-electron chi connectivity index (χ1n) is 12.2. The number of nitro benzene ring substituents is 1. The number of rotatable bonds is 8. The van der Waals surface area contributed by atoms with Crippen LogP contribution in [0.2, 0.25) is 5.02 Å². The van der Waals surface area contributed by atoms with E-state index in [1.807, 2.05) is 6.92 Å². The number of nitrogens with zero attached hydrogens (tertiary/aromatic N) is 2. The highest BCUT2D eigenvalue weighted by molar-refractivity contribution is 7.21. The van der Waals surface area contributed by atoms with E-state index in [1.54, 1.807) is 24.3 Å². The van der Waals surface area contributed by atoms with E-state index >= 15 is 0 Å². The number of ether oxygens (including phenoxy) is 1. The second kappa shape index (κ2) is 11.4. The molecule has 3 N–H and O–H groups in total. The molecule has 0 aliphatic carbocycles. The Hall–Kier alpha value is -4.95. The zero-order valence-corrected chi connectivity index (χ0v) is 23.4. The molecule has 0 spiro atoms. The maximum Gasteiger partial charge on any atom is 0.433 e. The molecule has 15 heteroatoms. The van der Waals surface area contributed by atoms with Gasteiger partial charge in [-0.05, 0) is 42.3 Å². The Bertz CT molecular complexity index is 1900. The molecule has 0 aliphatic heterocycles. The molecule has 0 saturated carbocycles. The van der Waals surface area contributed by atoms with Crippen molar-refractivity contribution in [3.05, 3.63) is 103 Å². The number of primary amides is 1. The van der Waals surface area contributed by atoms with Gasteiger partial charge in [0.1, 0.15) is 33.5 Å². The Labute approximate surface area is 249 Å². The van der Waals surface area contributed by atoms with Crippen molar-refractivity contribution in [2.75, 3.05) is 5.32 Å². The molecule has 0 bridgehead atoms. The summed E-state index contributed by atoms with van der Waals surface area (Å²) in [7, 11) is 0. The average Bonchev–Trinajstić information content (AvgIpc) is 3.57. The van der Waals surface area contributed by atoms with Crippen LogP contribution in [0.4, 0.5) is 24.5 Å². The van der Waals surface area contributed by atoms with Gasteiger partial charge < -0.3 is 20.2 Å². The fourth-order valence-corrected chi connectivity index (χ4v) is 5.29. The summed E-state index contributed by atoms with van der Waals surface area (Å²) in [4.78, 5) is 39.3. The second-order valence-corrected chi connectivity index (χ2v) is 10.6. The maximum absolute atomic E-state index is 13.7. The van der Waals surface area contributed by atoms with Crippen LogP contribution in [0.3, 0.4) is 0 Å². The average molecular weight is 631 g/mol. The smallest absolute Gasteiger partial charge is 0.433 e. The van der Waals surface area contributed by atoms with Crippen LogP contribution in [-0.2, 0) is 12.8 Å². The Balaban J connectivity index is 1.49. The lowest BCUT2D eigenvalue weighted by Gasteiger charge is -2.12. The SMILES string of the molecule is Cc1ccc(-c2cc(C(F)(F)F)nc3sc(C(N)=O)c(NC(=O)c4ccc(COc5cc([N+](=O)[O-])ccc5Cl)o4)c23)cc1. The monoisotopic (exact) mass is 630 g/mol. The number of anilines is 1. The van der Waals surface area contributed by atoms with Crippen LogP contribution in [0.25, 0.3) is 21.3 Å². The first kappa shape index (κ1) is 29.5. The summed E-state index contributed by atoms with van der Waals surface area (Å²) < 4.78 is 52.3. The van der Waals surface area contributed by atoms with E-state index in [9.17, 15) is 32.9 Å². The quantitative estimate of drug-likeness (QED) is 0.134. The summed E-state index contributed by atoms with van der Waals surface area (Å²) in [5.41, 5.74) is 5.35. The topological polar surface area (TPSA) is 151 Å². The number of thiophene rings is 1. The predicted octanol–water partition coefficient (Wildman–Crippen LogP) is 7.38. The molecule has 2 amide bonds. The minimum atomic E-state index is -4.78. The largest absolute Gasteiger partial charge is 0.484 e. The van der Waals surface area contributed by atoms with Gasteiger partial charge in [0.25, 0.3) is 17.5 Å². The molecule has 0 radical (unpaired) electrons. The molecule has 2 aromatic carbocycles. The Morgan fingerprint density at radius 1 is 1.14 bits per heavy atom. The van der Waals surface area contributed by atoms with Gasteiger partial charge in [0.05, 0.1) is 21.7 Å². The first-order chi connectivity index (χ1) is 20.3. The lowest BCUT2D eigenvalue weighted by Crippen LogP contribution is -2.16. The van der Waals surface area contributed by atoms with Crippen molar-refractivity contribution >= 4 is 56.3 Å². The zero-order chi connectivity index (χ0) is 31.1. The van der Waals surface area contributed by atoms with Gasteiger partial charge >= 0.3 is 6.18 Å². The molecule has 5 aromatic rings. The van der Waals surface area contributed by atoms with E-state index < -0.39 is 28.6 Å². The molecule has 43 heavy (non-hydrogen) atoms. The van der Waals surface area contributed by atoms with Crippen LogP contribution in [0.15, 0.2) is 65.1 Å². The minimum Gasteiger partial charge on any atom is -0.484 e. The van der Waals surface area contributed by atoms with Gasteiger partial charge in [-0.15, -0.1) is 11.3 Å². The van der Waals surface area contributed by atoms with E-state index in [0.29, 0.717) is 16.9 Å². The lowest BCUT2D eigenvalue weighted by molar-refractivity contribution is -0.384. The standard InChI is InChI=1S/C28H18ClF3N4O6S/c1-13-2-4-14(5-3-13)17-11-21(28(30,31)32)34-27-22(17)23(24(43-27)25(33)37)35-26(38)19-9-7-16(42-19)12-41-20-10-15(36(39)40)6-8-18(20)29/h2-11H,12H2,1H3,(H2,33,37)(H,35,38). The molecule has 3 aromatic heterocycles. The van der Waals surface area contributed by atoms with Crippen LogP contribution >= 0.6 is 22.9 Å². The number of non-ortho nitro benzene ring substituents is 1. The zero-order valence-electron chi connectivity index (χ0n) is 21.8. The summed E-state index contributed by atoms with van der Waals surface area (Å²) in [6.07, 6.45) is -4.78. The summed E-state index contributed by atoms with van der Waals surface area (Å²) in [5, 5.41) is 13.8. The summed E-state index contributed by atoms with van der Waals surface area (Å²) >= 11 is 6.66. The van der Waals surface area contributed by atoms with Gasteiger partial charge in [-0.2, -0.15) is 13.2 Å². The third-order valence-electron chi connectivity index (χ3n) is 6.16. The van der Waals surface area contributed by atoms with Gasteiger partial charge in [-0.3, -0.25) is 19.7 Å². The van der Waals surface area contributed by atoms with Gasteiger partial charge in [-0.1, -0.05) is 41.4 Å². The molecule has 10 nitrogen and oxygen atoms in total. The molecule has 0 fully saturated rings. The number of carbonyl (C=O) groups is 2. The molecular formula is C28H18ClF3N4O6S. The van der Waals surface area contributed by atoms with E-state index in [2.05, 4.69) is 10.3 Å². The van der Waals surface area contributed by atoms with E-state index in [4.69, 9.17) is 26.5 Å². The van der Waals surface area contributed by atoms with Crippen LogP contribution < -0.4 is 15.8 Å². The van der Waals surface area contributed by atoms with Crippen molar-refractivity contribution in [1.82, 2.24) is 4.98 Å². The Morgan fingerprint density at radius 3 is 2.51 bits per heavy atom. The number of fused-ring (bicyclic) bond motifs is 1. The highest BCUT2D eigenvalue weighted by Crippen LogP contribution is 2.44. The number of aromatic nitrogens is 1. The lowest BCUT2D eigenvalue weighted by atomic mass is 10.00. The predicted molar refractivity (Wildman–Crippen MR) is 152 cm³/mol. The fraction of sp³-hybridized carbons (Fsp3) is 0.107. The first-order valence-corrected chi connectivity index (χ1v) is 13.4. The molecular weight excluding hydrogens is 613 g/mol. The van der Waals surface area contributed by atoms with Crippen molar-refractivity contribution in [1.29, 1.82) is 0 Å². The maximum atomic E-state index is 13.7. The minimum absolute atomic E-state index is 0.0171. The highest BCUT2D eigenvalue weighted by Gasteiger charge is 2.35. The third-order valence-corrected chi connectivity index (χ3v) is 7.57. The number of benzene rings is 2. The van der Waals surface area contributed by atoms with Crippen LogP contribution in [0, 0.1) is 17.0 Å². The van der Waals surface area contributed by atoms with Crippen molar-refractivity contribution in [2.45, 2.75) is 19.7 Å². The Morgan fingerprint density at radius 2 is 1.86 bits per heavy atom. The Kier molecular flexibility index (Phi) is 7.82. The number of hydrogen-bond acceptors (Lipinski definition) is 8. The van der Waals surface area contributed by atoms with Crippen molar-refractivity contribution in [2.24, 2.45) is 5.73 Å². The number of nitrogens with one attached hydrogen (secondary N) is 1. The van der Waals surface area contributed by atoms with Crippen molar-refractivity contribution < 1.29 is 36.8 Å². The highest BCUT2D eigenvalue weighted by atomic mass is 35.5. The number of halogens is 4. The number of amides is 2. The van der Waals surface area contributed by atoms with Gasteiger partial charge in [0, 0.05) is 11.5 Å². The number of carbonyl (C=O) groups excluding carboxylic acids is 2. The number of aryl methyl sites for hydroxylation is 1. The number of nitro groups is 1. The fourth-order valence-electron chi connectivity index (χ4n) is 4.11. The molecule has 0 saturated heterocycles. The van der Waals surface area contributed by atoms with Gasteiger partial charge in [0.2, 0.25) is 0 Å². The summed E-state index contributed by atoms with van der Waals surface area (Å²) in [6.45, 7) is 1.57. The molecule has 0 unspecified atom stereocenters. The van der Waals surface area contributed by atoms with Crippen molar-refractivity contribution in [3.63, 3.8) is 0 Å². The number of furan rings is 1. The third kappa shape index (κ3) is 6.15. The number of hydrogen-bond donors (Lipinski definition) is 2. The summed E-state index contributed by atoms with van der Waals surface area (Å²) in [5.74, 6) is -1.88. The molecule has 0 aliphatic rings. The van der Waals surface area contributed by atoms with E-state index in [0.717, 1.165) is 17.7 Å². The summed E-state index contributed by atoms with van der Waals surface area (Å²) in [6, 6.07) is 13.9. The van der Waals surface area contributed by atoms with Crippen LogP contribution in [0.1, 0.15) is 37.2 Å². The van der Waals surface area contributed by atoms with Crippen LogP contribution in [0.5, 0.6) is 5.75 Å². The van der Waals surface area contributed by atoms with Crippen molar-refractivity contribution in [3.8, 4) is 16.9 Å². The van der Waals surface area contributed by atoms with Gasteiger partial charge in [0.15, 0.2) is 5.76 Å². The number of alkyl halides is 3. The molecule has 5 rings (SSSR count). The number of nitrogens with two attached hydrogens (primary N) is 1. The molecule has 0 atom stereocenters. The van der Waals surface area contributed by atoms with Gasteiger partial charge in [-0.25, -0.2) is 4.98 Å². The number of pyridine rings is 1. The van der Waals surface area contributed by atoms with E-state index in [1.165, 1.54) is 24.3 Å². The molecule has 3 heterocycles. The second-order valence-electron chi connectivity index (χ2n) is 9.15. The van der Waals surface area contributed by atoms with E-state index in [-0.39, 0.29) is 60.9 Å². The normalized spacial score (nSPS) is 11.5. The molecule has 220 valence electrons.